The molecule has 1 rings (SSSR count). The van der Waals surface area contributed by atoms with Crippen LogP contribution in [0.3, 0.4) is 0 Å². The van der Waals surface area contributed by atoms with Gasteiger partial charge in [0.25, 0.3) is 5.91 Å². The molecule has 1 fully saturated rings. The van der Waals surface area contributed by atoms with Crippen LogP contribution >= 0.6 is 0 Å². The zero-order valence-electron chi connectivity index (χ0n) is 9.94. The average Bonchev–Trinajstić information content (AvgIpc) is 2.36. The predicted octanol–water partition coefficient (Wildman–Crippen LogP) is 0.637. The van der Waals surface area contributed by atoms with E-state index in [1.54, 1.807) is 11.0 Å². The normalized spacial score (nSPS) is 16.8. The fraction of sp³-hybridized carbons (Fsp3) is 0.727. The van der Waals surface area contributed by atoms with E-state index in [9.17, 15) is 9.59 Å². The molecule has 6 heteroatoms. The third-order valence-electron chi connectivity index (χ3n) is 2.60. The van der Waals surface area contributed by atoms with Crippen molar-refractivity contribution >= 4 is 12.0 Å². The van der Waals surface area contributed by atoms with Crippen LogP contribution in [0, 0.1) is 11.3 Å². The van der Waals surface area contributed by atoms with Crippen molar-refractivity contribution < 1.29 is 14.3 Å². The molecule has 1 N–H and O–H groups in total. The number of likely N-dealkylation sites (tertiary alicyclic amines) is 1. The molecule has 0 aromatic heterocycles. The fourth-order valence-electron chi connectivity index (χ4n) is 1.63. The first kappa shape index (κ1) is 13.3. The molecular weight excluding hydrogens is 222 g/mol. The van der Waals surface area contributed by atoms with Crippen LogP contribution in [0.15, 0.2) is 0 Å². The molecule has 1 unspecified atom stereocenters. The van der Waals surface area contributed by atoms with E-state index in [1.165, 1.54) is 6.92 Å². The molecule has 1 heterocycles. The summed E-state index contributed by atoms with van der Waals surface area (Å²) in [7, 11) is 0. The van der Waals surface area contributed by atoms with Crippen molar-refractivity contribution in [3.8, 4) is 6.07 Å². The van der Waals surface area contributed by atoms with Gasteiger partial charge in [0, 0.05) is 13.1 Å². The highest BCUT2D eigenvalue weighted by molar-refractivity contribution is 5.83. The fourth-order valence-corrected chi connectivity index (χ4v) is 1.63. The largest absolute Gasteiger partial charge is 0.436 e. The number of ether oxygens (including phenoxy) is 1. The maximum Gasteiger partial charge on any atom is 0.410 e. The molecular formula is C11H17N3O3. The van der Waals surface area contributed by atoms with E-state index in [0.29, 0.717) is 13.1 Å². The second-order valence-corrected chi connectivity index (χ2v) is 3.95. The quantitative estimate of drug-likeness (QED) is 0.732. The van der Waals surface area contributed by atoms with Crippen molar-refractivity contribution in [3.05, 3.63) is 0 Å². The summed E-state index contributed by atoms with van der Waals surface area (Å²) in [6.07, 6.45) is 1.76. The molecule has 0 aliphatic carbocycles. The van der Waals surface area contributed by atoms with Gasteiger partial charge in [-0.1, -0.05) is 0 Å². The van der Waals surface area contributed by atoms with Gasteiger partial charge in [-0.15, -0.1) is 0 Å². The Balaban J connectivity index is 2.34. The first-order valence-electron chi connectivity index (χ1n) is 5.75. The standard InChI is InChI=1S/C11H17N3O3/c1-9(10(15)13-6-5-12)17-11(16)14-7-3-2-4-8-14/h9H,2-4,6-8H2,1H3,(H,13,15). The van der Waals surface area contributed by atoms with Crippen LogP contribution in [0.5, 0.6) is 0 Å². The number of nitrogens with one attached hydrogen (secondary N) is 1. The second-order valence-electron chi connectivity index (χ2n) is 3.95. The topological polar surface area (TPSA) is 82.4 Å². The average molecular weight is 239 g/mol. The zero-order chi connectivity index (χ0) is 12.7. The summed E-state index contributed by atoms with van der Waals surface area (Å²) in [5.74, 6) is -0.447. The van der Waals surface area contributed by atoms with Gasteiger partial charge in [0.05, 0.1) is 6.07 Å². The second kappa shape index (κ2) is 6.74. The molecule has 6 nitrogen and oxygen atoms in total. The Hall–Kier alpha value is -1.77. The van der Waals surface area contributed by atoms with E-state index in [2.05, 4.69) is 5.32 Å². The first-order valence-corrected chi connectivity index (χ1v) is 5.75. The molecule has 1 atom stereocenters. The molecule has 0 radical (unpaired) electrons. The van der Waals surface area contributed by atoms with Crippen molar-refractivity contribution in [2.24, 2.45) is 0 Å². The summed E-state index contributed by atoms with van der Waals surface area (Å²) in [4.78, 5) is 24.6. The van der Waals surface area contributed by atoms with E-state index in [0.717, 1.165) is 19.3 Å². The number of hydrogen-bond donors (Lipinski definition) is 1. The Labute approximate surface area is 101 Å². The summed E-state index contributed by atoms with van der Waals surface area (Å²) < 4.78 is 5.01. The van der Waals surface area contributed by atoms with Gasteiger partial charge in [-0.3, -0.25) is 4.79 Å². The van der Waals surface area contributed by atoms with Gasteiger partial charge in [-0.05, 0) is 26.2 Å². The molecule has 0 bridgehead atoms. The first-order chi connectivity index (χ1) is 8.15. The smallest absolute Gasteiger partial charge is 0.410 e. The summed E-state index contributed by atoms with van der Waals surface area (Å²) >= 11 is 0. The summed E-state index contributed by atoms with van der Waals surface area (Å²) in [6.45, 7) is 2.79. The molecule has 0 spiro atoms. The lowest BCUT2D eigenvalue weighted by Crippen LogP contribution is -2.42. The van der Waals surface area contributed by atoms with Crippen molar-refractivity contribution in [2.75, 3.05) is 19.6 Å². The Morgan fingerprint density at radius 3 is 2.65 bits per heavy atom. The monoisotopic (exact) mass is 239 g/mol. The number of amides is 2. The number of rotatable bonds is 3. The molecule has 17 heavy (non-hydrogen) atoms. The minimum Gasteiger partial charge on any atom is -0.436 e. The number of carbonyl (C=O) groups excluding carboxylic acids is 2. The highest BCUT2D eigenvalue weighted by atomic mass is 16.6. The lowest BCUT2D eigenvalue weighted by molar-refractivity contribution is -0.129. The van der Waals surface area contributed by atoms with Gasteiger partial charge in [0.1, 0.15) is 6.54 Å². The van der Waals surface area contributed by atoms with Crippen LogP contribution in [-0.2, 0) is 9.53 Å². The number of nitriles is 1. The lowest BCUT2D eigenvalue weighted by atomic mass is 10.1. The van der Waals surface area contributed by atoms with Crippen molar-refractivity contribution in [1.82, 2.24) is 10.2 Å². The lowest BCUT2D eigenvalue weighted by Gasteiger charge is -2.27. The zero-order valence-corrected chi connectivity index (χ0v) is 9.94. The van der Waals surface area contributed by atoms with Gasteiger partial charge in [-0.25, -0.2) is 4.79 Å². The molecule has 1 aliphatic heterocycles. The van der Waals surface area contributed by atoms with Crippen LogP contribution in [0.4, 0.5) is 4.79 Å². The number of nitrogens with zero attached hydrogens (tertiary/aromatic N) is 2. The van der Waals surface area contributed by atoms with Crippen LogP contribution in [0.25, 0.3) is 0 Å². The van der Waals surface area contributed by atoms with Crippen molar-refractivity contribution in [3.63, 3.8) is 0 Å². The SMILES string of the molecule is CC(OC(=O)N1CCCCC1)C(=O)NCC#N. The van der Waals surface area contributed by atoms with Crippen LogP contribution in [0.1, 0.15) is 26.2 Å². The van der Waals surface area contributed by atoms with E-state index in [1.807, 2.05) is 0 Å². The highest BCUT2D eigenvalue weighted by Crippen LogP contribution is 2.10. The van der Waals surface area contributed by atoms with Gasteiger partial charge >= 0.3 is 6.09 Å². The predicted molar refractivity (Wildman–Crippen MR) is 60.0 cm³/mol. The minimum atomic E-state index is -0.863. The maximum atomic E-state index is 11.6. The van der Waals surface area contributed by atoms with E-state index in [4.69, 9.17) is 10.00 Å². The Bertz CT molecular complexity index is 318. The Morgan fingerprint density at radius 1 is 1.41 bits per heavy atom. The third kappa shape index (κ3) is 4.31. The molecule has 1 saturated heterocycles. The number of carbonyl (C=O) groups is 2. The van der Waals surface area contributed by atoms with Gasteiger partial charge in [0.2, 0.25) is 0 Å². The Kier molecular flexibility index (Phi) is 5.27. The highest BCUT2D eigenvalue weighted by Gasteiger charge is 2.22. The van der Waals surface area contributed by atoms with Gasteiger partial charge in [0.15, 0.2) is 6.10 Å². The van der Waals surface area contributed by atoms with Gasteiger partial charge < -0.3 is 15.0 Å². The Morgan fingerprint density at radius 2 is 2.06 bits per heavy atom. The van der Waals surface area contributed by atoms with Crippen LogP contribution in [0.2, 0.25) is 0 Å². The van der Waals surface area contributed by atoms with Crippen LogP contribution < -0.4 is 5.32 Å². The van der Waals surface area contributed by atoms with Gasteiger partial charge in [-0.2, -0.15) is 5.26 Å². The molecule has 94 valence electrons. The summed E-state index contributed by atoms with van der Waals surface area (Å²) in [5, 5.41) is 10.6. The summed E-state index contributed by atoms with van der Waals surface area (Å²) in [6, 6.07) is 1.79. The number of piperidine rings is 1. The summed E-state index contributed by atoms with van der Waals surface area (Å²) in [5.41, 5.74) is 0. The molecule has 2 amide bonds. The molecule has 0 aromatic rings. The number of hydrogen-bond acceptors (Lipinski definition) is 4. The van der Waals surface area contributed by atoms with Crippen LogP contribution in [-0.4, -0.2) is 42.6 Å². The third-order valence-corrected chi connectivity index (χ3v) is 2.60. The molecule has 0 aromatic carbocycles. The maximum absolute atomic E-state index is 11.6. The molecule has 0 saturated carbocycles. The van der Waals surface area contributed by atoms with E-state index < -0.39 is 18.1 Å². The molecule has 1 aliphatic rings. The van der Waals surface area contributed by atoms with Crippen molar-refractivity contribution in [2.45, 2.75) is 32.3 Å². The van der Waals surface area contributed by atoms with E-state index >= 15 is 0 Å². The van der Waals surface area contributed by atoms with Crippen molar-refractivity contribution in [1.29, 1.82) is 5.26 Å². The minimum absolute atomic E-state index is 0.0789. The van der Waals surface area contributed by atoms with E-state index in [-0.39, 0.29) is 6.54 Å².